The molecule has 2 aromatic rings. The molecule has 126 valence electrons. The lowest BCUT2D eigenvalue weighted by molar-refractivity contribution is 0.276. The Labute approximate surface area is 149 Å². The van der Waals surface area contributed by atoms with Crippen molar-refractivity contribution in [2.24, 2.45) is 0 Å². The van der Waals surface area contributed by atoms with Crippen LogP contribution in [0.5, 0.6) is 11.5 Å². The van der Waals surface area contributed by atoms with Crippen LogP contribution in [0.2, 0.25) is 0 Å². The Morgan fingerprint density at radius 2 is 1.67 bits per heavy atom. The molecule has 0 spiro atoms. The molecule has 4 heteroatoms. The molecule has 0 radical (unpaired) electrons. The summed E-state index contributed by atoms with van der Waals surface area (Å²) in [6.45, 7) is 2.20. The Bertz CT molecular complexity index is 656. The number of nitrogens with one attached hydrogen (secondary N) is 1. The van der Waals surface area contributed by atoms with Crippen LogP contribution >= 0.6 is 12.4 Å². The molecule has 2 aromatic carbocycles. The molecule has 1 saturated heterocycles. The maximum Gasteiger partial charge on any atom is 0.149 e. The third-order valence-corrected chi connectivity index (χ3v) is 3.75. The van der Waals surface area contributed by atoms with Crippen LogP contribution in [0.1, 0.15) is 18.4 Å². The highest BCUT2D eigenvalue weighted by Gasteiger charge is 2.14. The zero-order chi connectivity index (χ0) is 15.7. The molecule has 1 fully saturated rings. The van der Waals surface area contributed by atoms with Gasteiger partial charge in [-0.05, 0) is 55.8 Å². The highest BCUT2D eigenvalue weighted by molar-refractivity contribution is 5.85. The Morgan fingerprint density at radius 3 is 2.33 bits per heavy atom. The van der Waals surface area contributed by atoms with E-state index in [0.29, 0.717) is 12.6 Å². The highest BCUT2D eigenvalue weighted by Crippen LogP contribution is 2.18. The lowest BCUT2D eigenvalue weighted by Crippen LogP contribution is -2.28. The van der Waals surface area contributed by atoms with Gasteiger partial charge in [-0.25, -0.2) is 0 Å². The van der Waals surface area contributed by atoms with Crippen LogP contribution < -0.4 is 14.8 Å². The van der Waals surface area contributed by atoms with Crippen LogP contribution in [0.3, 0.4) is 0 Å². The summed E-state index contributed by atoms with van der Waals surface area (Å²) < 4.78 is 11.4. The van der Waals surface area contributed by atoms with E-state index in [4.69, 9.17) is 9.47 Å². The van der Waals surface area contributed by atoms with Gasteiger partial charge in [-0.2, -0.15) is 0 Å². The first-order valence-electron chi connectivity index (χ1n) is 8.03. The SMILES string of the molecule is C(#Cc1ccccc1)COc1ccc(OC[C@H]2CCCN2)cc1.Cl. The van der Waals surface area contributed by atoms with Gasteiger partial charge in [-0.15, -0.1) is 12.4 Å². The molecule has 1 atom stereocenters. The normalized spacial score (nSPS) is 15.8. The molecule has 1 N–H and O–H groups in total. The molecule has 0 aromatic heterocycles. The minimum atomic E-state index is 0. The summed E-state index contributed by atoms with van der Waals surface area (Å²) in [4.78, 5) is 0. The molecule has 0 unspecified atom stereocenters. The van der Waals surface area contributed by atoms with Crippen molar-refractivity contribution < 1.29 is 9.47 Å². The molecule has 24 heavy (non-hydrogen) atoms. The average Bonchev–Trinajstić information content (AvgIpc) is 3.12. The summed E-state index contributed by atoms with van der Waals surface area (Å²) in [6.07, 6.45) is 2.44. The monoisotopic (exact) mass is 343 g/mol. The standard InChI is InChI=1S/C20H21NO2.ClH/c1-2-6-17(7-3-1)8-5-15-22-19-10-12-20(13-11-19)23-16-18-9-4-14-21-18;/h1-3,6-7,10-13,18,21H,4,9,14-16H2;1H/t18-;/m1./s1. The van der Waals surface area contributed by atoms with Crippen LogP contribution in [-0.4, -0.2) is 25.8 Å². The van der Waals surface area contributed by atoms with E-state index in [-0.39, 0.29) is 12.4 Å². The molecule has 3 rings (SSSR count). The van der Waals surface area contributed by atoms with E-state index < -0.39 is 0 Å². The van der Waals surface area contributed by atoms with Crippen molar-refractivity contribution in [3.63, 3.8) is 0 Å². The zero-order valence-corrected chi connectivity index (χ0v) is 14.4. The van der Waals surface area contributed by atoms with Gasteiger partial charge in [0.05, 0.1) is 0 Å². The topological polar surface area (TPSA) is 30.5 Å². The summed E-state index contributed by atoms with van der Waals surface area (Å²) in [5.74, 6) is 7.77. The van der Waals surface area contributed by atoms with Crippen molar-refractivity contribution in [2.45, 2.75) is 18.9 Å². The number of rotatable bonds is 5. The van der Waals surface area contributed by atoms with Crippen LogP contribution in [0, 0.1) is 11.8 Å². The lowest BCUT2D eigenvalue weighted by atomic mass is 10.2. The fourth-order valence-electron chi connectivity index (χ4n) is 2.51. The Kier molecular flexibility index (Phi) is 7.48. The number of halogens is 1. The molecule has 0 saturated carbocycles. The van der Waals surface area contributed by atoms with Gasteiger partial charge in [0.15, 0.2) is 0 Å². The van der Waals surface area contributed by atoms with Crippen LogP contribution in [0.4, 0.5) is 0 Å². The quantitative estimate of drug-likeness (QED) is 0.840. The molecular formula is C20H22ClNO2. The van der Waals surface area contributed by atoms with Crippen LogP contribution in [0.15, 0.2) is 54.6 Å². The van der Waals surface area contributed by atoms with Gasteiger partial charge in [-0.1, -0.05) is 30.0 Å². The molecule has 1 aliphatic rings. The lowest BCUT2D eigenvalue weighted by Gasteiger charge is -2.12. The van der Waals surface area contributed by atoms with Crippen molar-refractivity contribution in [2.75, 3.05) is 19.8 Å². The average molecular weight is 344 g/mol. The second-order valence-electron chi connectivity index (χ2n) is 5.53. The second-order valence-corrected chi connectivity index (χ2v) is 5.53. The summed E-state index contributed by atoms with van der Waals surface area (Å²) in [5, 5.41) is 3.42. The predicted octanol–water partition coefficient (Wildman–Crippen LogP) is 3.67. The van der Waals surface area contributed by atoms with E-state index in [0.717, 1.165) is 30.2 Å². The third-order valence-electron chi connectivity index (χ3n) is 3.75. The predicted molar refractivity (Wildman–Crippen MR) is 99.0 cm³/mol. The summed E-state index contributed by atoms with van der Waals surface area (Å²) in [5.41, 5.74) is 1.00. The fraction of sp³-hybridized carbons (Fsp3) is 0.300. The van der Waals surface area contributed by atoms with E-state index in [2.05, 4.69) is 17.2 Å². The first-order valence-corrected chi connectivity index (χ1v) is 8.03. The molecule has 1 heterocycles. The minimum absolute atomic E-state index is 0. The van der Waals surface area contributed by atoms with Crippen molar-refractivity contribution >= 4 is 12.4 Å². The molecular weight excluding hydrogens is 322 g/mol. The van der Waals surface area contributed by atoms with Gasteiger partial charge in [0.2, 0.25) is 0 Å². The maximum absolute atomic E-state index is 5.78. The summed E-state index contributed by atoms with van der Waals surface area (Å²) >= 11 is 0. The van der Waals surface area contributed by atoms with Crippen LogP contribution in [0.25, 0.3) is 0 Å². The first kappa shape index (κ1) is 18.2. The molecule has 1 aliphatic heterocycles. The van der Waals surface area contributed by atoms with Crippen LogP contribution in [-0.2, 0) is 0 Å². The number of hydrogen-bond donors (Lipinski definition) is 1. The molecule has 0 bridgehead atoms. The summed E-state index contributed by atoms with van der Waals surface area (Å²) in [7, 11) is 0. The van der Waals surface area contributed by atoms with Crippen molar-refractivity contribution in [1.82, 2.24) is 5.32 Å². The molecule has 0 amide bonds. The first-order chi connectivity index (χ1) is 11.4. The zero-order valence-electron chi connectivity index (χ0n) is 13.5. The van der Waals surface area contributed by atoms with E-state index >= 15 is 0 Å². The van der Waals surface area contributed by atoms with Gasteiger partial charge in [0.25, 0.3) is 0 Å². The van der Waals surface area contributed by atoms with E-state index in [1.807, 2.05) is 54.6 Å². The summed E-state index contributed by atoms with van der Waals surface area (Å²) in [6, 6.07) is 18.1. The Balaban J connectivity index is 0.00000208. The van der Waals surface area contributed by atoms with Crippen molar-refractivity contribution in [3.05, 3.63) is 60.2 Å². The molecule has 3 nitrogen and oxygen atoms in total. The minimum Gasteiger partial charge on any atom is -0.492 e. The largest absolute Gasteiger partial charge is 0.492 e. The maximum atomic E-state index is 5.78. The number of hydrogen-bond acceptors (Lipinski definition) is 3. The Hall–Kier alpha value is -2.15. The number of ether oxygens (including phenoxy) is 2. The van der Waals surface area contributed by atoms with E-state index in [1.54, 1.807) is 0 Å². The van der Waals surface area contributed by atoms with Gasteiger partial charge < -0.3 is 14.8 Å². The van der Waals surface area contributed by atoms with Crippen molar-refractivity contribution in [3.8, 4) is 23.3 Å². The van der Waals surface area contributed by atoms with Gasteiger partial charge >= 0.3 is 0 Å². The Morgan fingerprint density at radius 1 is 0.958 bits per heavy atom. The van der Waals surface area contributed by atoms with E-state index in [1.165, 1.54) is 12.8 Å². The highest BCUT2D eigenvalue weighted by atomic mass is 35.5. The van der Waals surface area contributed by atoms with Gasteiger partial charge in [0.1, 0.15) is 24.7 Å². The van der Waals surface area contributed by atoms with Crippen molar-refractivity contribution in [1.29, 1.82) is 0 Å². The van der Waals surface area contributed by atoms with Gasteiger partial charge in [0, 0.05) is 11.6 Å². The second kappa shape index (κ2) is 9.87. The molecule has 0 aliphatic carbocycles. The van der Waals surface area contributed by atoms with Gasteiger partial charge in [-0.3, -0.25) is 0 Å². The van der Waals surface area contributed by atoms with E-state index in [9.17, 15) is 0 Å². The smallest absolute Gasteiger partial charge is 0.149 e. The third kappa shape index (κ3) is 5.81. The fourth-order valence-corrected chi connectivity index (χ4v) is 2.51. The number of benzene rings is 2.